The molecule has 246 valence electrons. The van der Waals surface area contributed by atoms with Crippen molar-refractivity contribution in [3.8, 4) is 0 Å². The van der Waals surface area contributed by atoms with Crippen molar-refractivity contribution in [1.29, 1.82) is 0 Å². The number of piperidine rings is 1. The van der Waals surface area contributed by atoms with Gasteiger partial charge in [-0.3, -0.25) is 9.78 Å². The average Bonchev–Trinajstić information content (AvgIpc) is 3.35. The fraction of sp³-hybridized carbons (Fsp3) is 0.543. The third-order valence-electron chi connectivity index (χ3n) is 9.99. The van der Waals surface area contributed by atoms with E-state index in [2.05, 4.69) is 78.9 Å². The number of fused-ring (bicyclic) bond motifs is 6. The van der Waals surface area contributed by atoms with Crippen LogP contribution in [0.1, 0.15) is 106 Å². The van der Waals surface area contributed by atoms with Crippen molar-refractivity contribution >= 4 is 27.6 Å². The molecule has 46 heavy (non-hydrogen) atoms. The first kappa shape index (κ1) is 32.4. The molecule has 3 aliphatic rings. The predicted octanol–water partition coefficient (Wildman–Crippen LogP) is 5.55. The Morgan fingerprint density at radius 1 is 1.00 bits per heavy atom. The van der Waals surface area contributed by atoms with Crippen LogP contribution in [0.4, 0.5) is 11.6 Å². The van der Waals surface area contributed by atoms with Crippen molar-refractivity contribution in [2.45, 2.75) is 95.2 Å². The van der Waals surface area contributed by atoms with Gasteiger partial charge >= 0.3 is 0 Å². The van der Waals surface area contributed by atoms with Crippen LogP contribution in [0.15, 0.2) is 53.7 Å². The molecule has 0 radical (unpaired) electrons. The Labute approximate surface area is 273 Å². The van der Waals surface area contributed by atoms with Crippen molar-refractivity contribution in [2.75, 3.05) is 29.9 Å². The third-order valence-corrected chi connectivity index (χ3v) is 11.2. The fourth-order valence-corrected chi connectivity index (χ4v) is 8.13. The first-order valence-electron chi connectivity index (χ1n) is 16.5. The number of hydrogen-bond acceptors (Lipinski definition) is 9. The highest BCUT2D eigenvalue weighted by molar-refractivity contribution is 7.90. The summed E-state index contributed by atoms with van der Waals surface area (Å²) in [5.74, 6) is 1.29. The van der Waals surface area contributed by atoms with E-state index in [1.807, 2.05) is 12.3 Å². The van der Waals surface area contributed by atoms with E-state index in [0.29, 0.717) is 30.0 Å². The Balaban J connectivity index is 1.42. The molecule has 3 aliphatic heterocycles. The van der Waals surface area contributed by atoms with Gasteiger partial charge in [0.1, 0.15) is 11.6 Å². The number of carbonyl (C=O) groups excluding carboxylic acids is 1. The van der Waals surface area contributed by atoms with Crippen molar-refractivity contribution in [1.82, 2.24) is 25.0 Å². The maximum atomic E-state index is 13.7. The number of amides is 1. The Bertz CT molecular complexity index is 1700. The summed E-state index contributed by atoms with van der Waals surface area (Å²) in [7, 11) is -4.28. The SMILES string of the molecule is C[C@H]1CC(c2ccc(C3CCNCC3)cn2)Nc2cccc(n2)S(=O)(=O)NC(=O)c2ccc(C(C)(C)C)nc2N2C[C@@H]1CC2(C)C. The number of hydrogen-bond donors (Lipinski definition) is 3. The van der Waals surface area contributed by atoms with Gasteiger partial charge in [0.15, 0.2) is 5.03 Å². The van der Waals surface area contributed by atoms with Crippen LogP contribution in [0.2, 0.25) is 0 Å². The zero-order chi connectivity index (χ0) is 32.9. The molecule has 1 unspecified atom stereocenters. The average molecular weight is 646 g/mol. The lowest BCUT2D eigenvalue weighted by atomic mass is 9.83. The molecule has 3 aromatic heterocycles. The van der Waals surface area contributed by atoms with E-state index in [4.69, 9.17) is 9.97 Å². The summed E-state index contributed by atoms with van der Waals surface area (Å²) < 4.78 is 29.4. The van der Waals surface area contributed by atoms with Gasteiger partial charge in [-0.15, -0.1) is 0 Å². The molecule has 3 atom stereocenters. The van der Waals surface area contributed by atoms with Gasteiger partial charge in [-0.25, -0.2) is 14.7 Å². The van der Waals surface area contributed by atoms with Crippen LogP contribution < -0.4 is 20.3 Å². The molecule has 2 saturated heterocycles. The minimum Gasteiger partial charge on any atom is -0.362 e. The Morgan fingerprint density at radius 3 is 2.46 bits per heavy atom. The highest BCUT2D eigenvalue weighted by Gasteiger charge is 2.43. The summed E-state index contributed by atoms with van der Waals surface area (Å²) in [5.41, 5.74) is 2.66. The number of rotatable bonds is 2. The van der Waals surface area contributed by atoms with Gasteiger partial charge in [0.05, 0.1) is 17.3 Å². The summed E-state index contributed by atoms with van der Waals surface area (Å²) in [5, 5.41) is 6.72. The molecule has 0 spiro atoms. The van der Waals surface area contributed by atoms with E-state index < -0.39 is 15.9 Å². The Kier molecular flexibility index (Phi) is 8.60. The molecule has 3 N–H and O–H groups in total. The van der Waals surface area contributed by atoms with E-state index in [1.165, 1.54) is 11.6 Å². The van der Waals surface area contributed by atoms with E-state index in [-0.39, 0.29) is 33.5 Å². The maximum Gasteiger partial charge on any atom is 0.281 e. The quantitative estimate of drug-likeness (QED) is 0.328. The Hall–Kier alpha value is -3.57. The first-order valence-corrected chi connectivity index (χ1v) is 18.0. The van der Waals surface area contributed by atoms with Crippen LogP contribution in [0.25, 0.3) is 0 Å². The molecule has 0 saturated carbocycles. The molecule has 11 heteroatoms. The van der Waals surface area contributed by atoms with Gasteiger partial charge in [0, 0.05) is 29.4 Å². The number of nitrogens with one attached hydrogen (secondary N) is 3. The summed E-state index contributed by atoms with van der Waals surface area (Å²) in [6.45, 7) is 15.6. The van der Waals surface area contributed by atoms with E-state index >= 15 is 0 Å². The van der Waals surface area contributed by atoms with Gasteiger partial charge < -0.3 is 15.5 Å². The monoisotopic (exact) mass is 645 g/mol. The molecular weight excluding hydrogens is 598 g/mol. The molecule has 0 aliphatic carbocycles. The standard InChI is InChI=1S/C35H47N7O3S/c1-22-18-28(27-12-10-24(20-37-27)23-14-16-36-17-15-23)38-30-8-7-9-31(40-30)46(44,45)41-33(43)26-11-13-29(34(2,3)4)39-32(26)42-21-25(22)19-35(42,5)6/h7-13,20,22-23,25,28,36H,14-19,21H2,1-6H3,(H,38,40)(H,41,43)/t22-,25-,28?/m0/s1. The lowest BCUT2D eigenvalue weighted by molar-refractivity contribution is 0.0981. The molecule has 2 fully saturated rings. The number of anilines is 2. The second-order valence-electron chi connectivity index (χ2n) is 15.0. The van der Waals surface area contributed by atoms with Crippen LogP contribution >= 0.6 is 0 Å². The lowest BCUT2D eigenvalue weighted by Gasteiger charge is -2.34. The number of carbonyl (C=O) groups is 1. The van der Waals surface area contributed by atoms with E-state index in [9.17, 15) is 13.2 Å². The second-order valence-corrected chi connectivity index (χ2v) is 16.6. The zero-order valence-electron chi connectivity index (χ0n) is 27.8. The van der Waals surface area contributed by atoms with Gasteiger partial charge in [-0.1, -0.05) is 39.8 Å². The number of pyridine rings is 3. The van der Waals surface area contributed by atoms with Gasteiger partial charge in [0.2, 0.25) is 0 Å². The minimum atomic E-state index is -4.28. The van der Waals surface area contributed by atoms with Crippen LogP contribution in [0.3, 0.4) is 0 Å². The number of sulfonamides is 1. The van der Waals surface area contributed by atoms with Crippen molar-refractivity contribution < 1.29 is 13.2 Å². The molecular formula is C35H47N7O3S. The third kappa shape index (κ3) is 6.62. The molecule has 1 amide bonds. The zero-order valence-corrected chi connectivity index (χ0v) is 28.6. The van der Waals surface area contributed by atoms with Crippen LogP contribution in [-0.4, -0.2) is 54.5 Å². The second kappa shape index (κ2) is 12.2. The van der Waals surface area contributed by atoms with E-state index in [0.717, 1.165) is 50.2 Å². The Morgan fingerprint density at radius 2 is 1.76 bits per heavy atom. The fourth-order valence-electron chi connectivity index (χ4n) is 7.19. The van der Waals surface area contributed by atoms with Gasteiger partial charge in [-0.2, -0.15) is 8.42 Å². The summed E-state index contributed by atoms with van der Waals surface area (Å²) in [6.07, 6.45) is 5.88. The smallest absolute Gasteiger partial charge is 0.281 e. The summed E-state index contributed by atoms with van der Waals surface area (Å²) in [6, 6.07) is 12.4. The summed E-state index contributed by atoms with van der Waals surface area (Å²) in [4.78, 5) is 30.4. The predicted molar refractivity (Wildman–Crippen MR) is 181 cm³/mol. The number of aromatic nitrogens is 3. The van der Waals surface area contributed by atoms with Crippen molar-refractivity contribution in [3.05, 3.63) is 71.2 Å². The molecule has 3 aromatic rings. The van der Waals surface area contributed by atoms with Gasteiger partial charge in [0.25, 0.3) is 15.9 Å². The number of nitrogens with zero attached hydrogens (tertiary/aromatic N) is 4. The van der Waals surface area contributed by atoms with Crippen molar-refractivity contribution in [2.24, 2.45) is 11.8 Å². The van der Waals surface area contributed by atoms with Crippen molar-refractivity contribution in [3.63, 3.8) is 0 Å². The molecule has 0 aromatic carbocycles. The summed E-state index contributed by atoms with van der Waals surface area (Å²) >= 11 is 0. The first-order chi connectivity index (χ1) is 21.7. The lowest BCUT2D eigenvalue weighted by Crippen LogP contribution is -2.41. The molecule has 4 bridgehead atoms. The minimum absolute atomic E-state index is 0.197. The normalized spacial score (nSPS) is 25.0. The van der Waals surface area contributed by atoms with Gasteiger partial charge in [-0.05, 0) is 106 Å². The van der Waals surface area contributed by atoms with Crippen LogP contribution in [-0.2, 0) is 15.4 Å². The largest absolute Gasteiger partial charge is 0.362 e. The highest BCUT2D eigenvalue weighted by atomic mass is 32.2. The molecule has 10 nitrogen and oxygen atoms in total. The van der Waals surface area contributed by atoms with Crippen LogP contribution in [0, 0.1) is 11.8 Å². The van der Waals surface area contributed by atoms with Crippen LogP contribution in [0.5, 0.6) is 0 Å². The maximum absolute atomic E-state index is 13.7. The highest BCUT2D eigenvalue weighted by Crippen LogP contribution is 2.43. The van der Waals surface area contributed by atoms with E-state index in [1.54, 1.807) is 18.2 Å². The topological polar surface area (TPSA) is 129 Å². The molecule has 6 heterocycles. The molecule has 6 rings (SSSR count).